The van der Waals surface area contributed by atoms with E-state index in [1.807, 2.05) is 11.5 Å². The highest BCUT2D eigenvalue weighted by atomic mass is 35.5. The third kappa shape index (κ3) is 4.42. The molecule has 1 aliphatic heterocycles. The van der Waals surface area contributed by atoms with Gasteiger partial charge in [-0.15, -0.1) is 10.2 Å². The summed E-state index contributed by atoms with van der Waals surface area (Å²) in [6, 6.07) is 3.43. The maximum Gasteiger partial charge on any atom is 0.234 e. The van der Waals surface area contributed by atoms with Gasteiger partial charge in [-0.05, 0) is 19.1 Å². The van der Waals surface area contributed by atoms with Gasteiger partial charge < -0.3 is 15.0 Å². The van der Waals surface area contributed by atoms with Gasteiger partial charge in [-0.3, -0.25) is 9.36 Å². The molecule has 0 aromatic carbocycles. The monoisotopic (exact) mass is 382 g/mol. The molecule has 3 heterocycles. The third-order valence-electron chi connectivity index (χ3n) is 3.67. The van der Waals surface area contributed by atoms with Crippen molar-refractivity contribution in [2.45, 2.75) is 18.6 Å². The molecule has 1 N–H and O–H groups in total. The SMILES string of the molecule is CCn1c(SCC(=O)Nc2cccnc2Cl)nnc1N1CCOCC1. The molecule has 8 nitrogen and oxygen atoms in total. The van der Waals surface area contributed by atoms with E-state index in [0.29, 0.717) is 18.9 Å². The Balaban J connectivity index is 1.62. The quantitative estimate of drug-likeness (QED) is 0.603. The molecule has 2 aromatic rings. The van der Waals surface area contributed by atoms with E-state index in [2.05, 4.69) is 25.4 Å². The first-order valence-corrected chi connectivity index (χ1v) is 9.34. The van der Waals surface area contributed by atoms with Gasteiger partial charge in [0.15, 0.2) is 10.3 Å². The van der Waals surface area contributed by atoms with Crippen molar-refractivity contribution in [2.24, 2.45) is 0 Å². The first kappa shape index (κ1) is 18.0. The smallest absolute Gasteiger partial charge is 0.234 e. The van der Waals surface area contributed by atoms with Crippen molar-refractivity contribution >= 4 is 40.9 Å². The van der Waals surface area contributed by atoms with Crippen LogP contribution in [-0.4, -0.2) is 57.7 Å². The van der Waals surface area contributed by atoms with E-state index >= 15 is 0 Å². The fourth-order valence-electron chi connectivity index (χ4n) is 2.46. The van der Waals surface area contributed by atoms with Crippen LogP contribution in [0.1, 0.15) is 6.92 Å². The summed E-state index contributed by atoms with van der Waals surface area (Å²) in [5.41, 5.74) is 0.501. The Hall–Kier alpha value is -1.84. The molecule has 0 aliphatic carbocycles. The van der Waals surface area contributed by atoms with Crippen molar-refractivity contribution in [3.8, 4) is 0 Å². The van der Waals surface area contributed by atoms with Crippen LogP contribution in [0.3, 0.4) is 0 Å². The van der Waals surface area contributed by atoms with Crippen LogP contribution in [-0.2, 0) is 16.1 Å². The molecular formula is C15H19ClN6O2S. The first-order valence-electron chi connectivity index (χ1n) is 7.98. The minimum atomic E-state index is -0.168. The highest BCUT2D eigenvalue weighted by Gasteiger charge is 2.20. The molecular weight excluding hydrogens is 364 g/mol. The molecule has 2 aromatic heterocycles. The summed E-state index contributed by atoms with van der Waals surface area (Å²) in [6.07, 6.45) is 1.57. The number of hydrogen-bond donors (Lipinski definition) is 1. The van der Waals surface area contributed by atoms with Crippen molar-refractivity contribution in [1.82, 2.24) is 19.7 Å². The summed E-state index contributed by atoms with van der Waals surface area (Å²) in [4.78, 5) is 18.2. The van der Waals surface area contributed by atoms with E-state index in [1.165, 1.54) is 11.8 Å². The normalized spacial score (nSPS) is 14.6. The number of anilines is 2. The zero-order valence-corrected chi connectivity index (χ0v) is 15.4. The van der Waals surface area contributed by atoms with E-state index in [-0.39, 0.29) is 16.8 Å². The van der Waals surface area contributed by atoms with Crippen LogP contribution in [0.2, 0.25) is 5.15 Å². The molecule has 0 unspecified atom stereocenters. The van der Waals surface area contributed by atoms with Crippen LogP contribution in [0.5, 0.6) is 0 Å². The molecule has 0 radical (unpaired) electrons. The molecule has 0 atom stereocenters. The van der Waals surface area contributed by atoms with Gasteiger partial charge >= 0.3 is 0 Å². The summed E-state index contributed by atoms with van der Waals surface area (Å²) >= 11 is 7.29. The molecule has 0 saturated carbocycles. The number of ether oxygens (including phenoxy) is 1. The van der Waals surface area contributed by atoms with Crippen molar-refractivity contribution < 1.29 is 9.53 Å². The molecule has 10 heteroatoms. The summed E-state index contributed by atoms with van der Waals surface area (Å²) in [6.45, 7) is 5.73. The number of carbonyl (C=O) groups is 1. The predicted octanol–water partition coefficient (Wildman–Crippen LogP) is 1.91. The molecule has 1 aliphatic rings. The summed E-state index contributed by atoms with van der Waals surface area (Å²) in [5.74, 6) is 0.870. The van der Waals surface area contributed by atoms with E-state index in [1.54, 1.807) is 18.3 Å². The third-order valence-corrected chi connectivity index (χ3v) is 4.94. The maximum absolute atomic E-state index is 12.1. The fraction of sp³-hybridized carbons (Fsp3) is 0.467. The molecule has 1 saturated heterocycles. The number of thioether (sulfide) groups is 1. The number of morpholine rings is 1. The van der Waals surface area contributed by atoms with Gasteiger partial charge in [0, 0.05) is 25.8 Å². The molecule has 3 rings (SSSR count). The Morgan fingerprint density at radius 3 is 2.92 bits per heavy atom. The topological polar surface area (TPSA) is 85.2 Å². The van der Waals surface area contributed by atoms with Gasteiger partial charge in [-0.1, -0.05) is 23.4 Å². The van der Waals surface area contributed by atoms with Crippen LogP contribution >= 0.6 is 23.4 Å². The standard InChI is InChI=1S/C15H19ClN6O2S/c1-2-22-14(21-6-8-24-9-7-21)19-20-15(22)25-10-12(23)18-11-4-3-5-17-13(11)16/h3-5H,2,6-10H2,1H3,(H,18,23). The van der Waals surface area contributed by atoms with Crippen LogP contribution in [0.4, 0.5) is 11.6 Å². The molecule has 0 bridgehead atoms. The second-order valence-electron chi connectivity index (χ2n) is 5.30. The predicted molar refractivity (Wildman–Crippen MR) is 97.3 cm³/mol. The maximum atomic E-state index is 12.1. The fourth-order valence-corrected chi connectivity index (χ4v) is 3.42. The lowest BCUT2D eigenvalue weighted by Crippen LogP contribution is -2.38. The van der Waals surface area contributed by atoms with Crippen LogP contribution in [0, 0.1) is 0 Å². The number of aromatic nitrogens is 4. The zero-order chi connectivity index (χ0) is 17.6. The van der Waals surface area contributed by atoms with Gasteiger partial charge in [-0.2, -0.15) is 0 Å². The zero-order valence-electron chi connectivity index (χ0n) is 13.8. The summed E-state index contributed by atoms with van der Waals surface area (Å²) in [7, 11) is 0. The van der Waals surface area contributed by atoms with Gasteiger partial charge in [0.05, 0.1) is 24.7 Å². The lowest BCUT2D eigenvalue weighted by molar-refractivity contribution is -0.113. The largest absolute Gasteiger partial charge is 0.378 e. The highest BCUT2D eigenvalue weighted by molar-refractivity contribution is 7.99. The number of nitrogens with one attached hydrogen (secondary N) is 1. The Morgan fingerprint density at radius 1 is 1.40 bits per heavy atom. The van der Waals surface area contributed by atoms with E-state index in [0.717, 1.165) is 30.7 Å². The van der Waals surface area contributed by atoms with Gasteiger partial charge in [-0.25, -0.2) is 4.98 Å². The van der Waals surface area contributed by atoms with Crippen molar-refractivity contribution in [3.63, 3.8) is 0 Å². The van der Waals surface area contributed by atoms with Crippen LogP contribution in [0.15, 0.2) is 23.5 Å². The number of halogens is 1. The Bertz CT molecular complexity index is 735. The van der Waals surface area contributed by atoms with E-state index in [4.69, 9.17) is 16.3 Å². The second-order valence-corrected chi connectivity index (χ2v) is 6.61. The average Bonchev–Trinajstić information content (AvgIpc) is 3.05. The highest BCUT2D eigenvalue weighted by Crippen LogP contribution is 2.23. The number of amides is 1. The molecule has 134 valence electrons. The number of carbonyl (C=O) groups excluding carboxylic acids is 1. The van der Waals surface area contributed by atoms with Crippen molar-refractivity contribution in [1.29, 1.82) is 0 Å². The Morgan fingerprint density at radius 2 is 2.20 bits per heavy atom. The number of pyridine rings is 1. The minimum Gasteiger partial charge on any atom is -0.378 e. The summed E-state index contributed by atoms with van der Waals surface area (Å²) in [5, 5.41) is 12.3. The molecule has 1 amide bonds. The second kappa shape index (κ2) is 8.50. The molecule has 25 heavy (non-hydrogen) atoms. The lowest BCUT2D eigenvalue weighted by Gasteiger charge is -2.27. The minimum absolute atomic E-state index is 0.168. The van der Waals surface area contributed by atoms with E-state index in [9.17, 15) is 4.79 Å². The van der Waals surface area contributed by atoms with Gasteiger partial charge in [0.1, 0.15) is 0 Å². The first-order chi connectivity index (χ1) is 12.2. The molecule has 1 fully saturated rings. The number of nitrogens with zero attached hydrogens (tertiary/aromatic N) is 5. The van der Waals surface area contributed by atoms with Gasteiger partial charge in [0.25, 0.3) is 0 Å². The van der Waals surface area contributed by atoms with E-state index < -0.39 is 0 Å². The summed E-state index contributed by atoms with van der Waals surface area (Å²) < 4.78 is 7.39. The Kier molecular flexibility index (Phi) is 6.11. The number of rotatable bonds is 6. The van der Waals surface area contributed by atoms with Crippen molar-refractivity contribution in [2.75, 3.05) is 42.3 Å². The Labute approximate surface area is 154 Å². The van der Waals surface area contributed by atoms with Gasteiger partial charge in [0.2, 0.25) is 11.9 Å². The molecule has 0 spiro atoms. The number of hydrogen-bond acceptors (Lipinski definition) is 7. The average molecular weight is 383 g/mol. The van der Waals surface area contributed by atoms with Crippen LogP contribution in [0.25, 0.3) is 0 Å². The lowest BCUT2D eigenvalue weighted by atomic mass is 10.4. The van der Waals surface area contributed by atoms with Crippen molar-refractivity contribution in [3.05, 3.63) is 23.5 Å². The van der Waals surface area contributed by atoms with Crippen LogP contribution < -0.4 is 10.2 Å².